The molecule has 0 fully saturated rings. The Balaban J connectivity index is 2.68. The summed E-state index contributed by atoms with van der Waals surface area (Å²) in [7, 11) is 0. The van der Waals surface area contributed by atoms with Gasteiger partial charge in [0.05, 0.1) is 5.02 Å². The summed E-state index contributed by atoms with van der Waals surface area (Å²) < 4.78 is 12.9. The van der Waals surface area contributed by atoms with Crippen molar-refractivity contribution >= 4 is 17.4 Å². The third-order valence-corrected chi connectivity index (χ3v) is 2.42. The first-order chi connectivity index (χ1) is 7.15. The minimum atomic E-state index is -0.443. The molecule has 1 rings (SSSR count). The van der Waals surface area contributed by atoms with Crippen molar-refractivity contribution in [2.24, 2.45) is 5.73 Å². The molecule has 4 heteroatoms. The van der Waals surface area contributed by atoms with Gasteiger partial charge in [0, 0.05) is 12.0 Å². The molecule has 0 saturated carbocycles. The van der Waals surface area contributed by atoms with E-state index in [0.717, 1.165) is 6.42 Å². The Labute approximate surface area is 93.2 Å². The van der Waals surface area contributed by atoms with E-state index in [-0.39, 0.29) is 11.3 Å². The van der Waals surface area contributed by atoms with Crippen LogP contribution in [0.4, 0.5) is 4.39 Å². The van der Waals surface area contributed by atoms with Gasteiger partial charge in [-0.3, -0.25) is 4.79 Å². The molecular formula is C11H13ClFNO. The van der Waals surface area contributed by atoms with Crippen LogP contribution in [-0.2, 0) is 0 Å². The maximum Gasteiger partial charge on any atom is 0.164 e. The Bertz CT molecular complexity index is 354. The molecule has 0 amide bonds. The van der Waals surface area contributed by atoms with Gasteiger partial charge >= 0.3 is 0 Å². The second-order valence-corrected chi connectivity index (χ2v) is 3.70. The van der Waals surface area contributed by atoms with Gasteiger partial charge in [-0.05, 0) is 37.6 Å². The second-order valence-electron chi connectivity index (χ2n) is 3.29. The van der Waals surface area contributed by atoms with Crippen LogP contribution in [0.25, 0.3) is 0 Å². The Morgan fingerprint density at radius 3 is 2.80 bits per heavy atom. The fourth-order valence-electron chi connectivity index (χ4n) is 1.28. The van der Waals surface area contributed by atoms with E-state index in [9.17, 15) is 9.18 Å². The molecule has 15 heavy (non-hydrogen) atoms. The molecule has 1 aromatic carbocycles. The van der Waals surface area contributed by atoms with Crippen LogP contribution in [0, 0.1) is 5.82 Å². The number of carbonyl (C=O) groups excluding carboxylic acids is 1. The highest BCUT2D eigenvalue weighted by Crippen LogP contribution is 2.19. The highest BCUT2D eigenvalue weighted by atomic mass is 35.5. The smallest absolute Gasteiger partial charge is 0.164 e. The lowest BCUT2D eigenvalue weighted by Gasteiger charge is -2.03. The van der Waals surface area contributed by atoms with E-state index in [1.165, 1.54) is 18.2 Å². The largest absolute Gasteiger partial charge is 0.330 e. The molecule has 0 saturated heterocycles. The predicted molar refractivity (Wildman–Crippen MR) is 58.6 cm³/mol. The fourth-order valence-corrected chi connectivity index (χ4v) is 1.50. The molecule has 2 N–H and O–H groups in total. The Hall–Kier alpha value is -0.930. The van der Waals surface area contributed by atoms with Gasteiger partial charge in [-0.15, -0.1) is 0 Å². The van der Waals surface area contributed by atoms with E-state index in [2.05, 4.69) is 0 Å². The summed E-state index contributed by atoms with van der Waals surface area (Å²) >= 11 is 5.79. The minimum absolute atomic E-state index is 0.132. The standard InChI is InChI=1S/C11H13ClFNO/c12-10-5-4-8(13)7-9(10)11(15)3-1-2-6-14/h4-5,7H,1-3,6,14H2. The van der Waals surface area contributed by atoms with E-state index < -0.39 is 5.82 Å². The average Bonchev–Trinajstić information content (AvgIpc) is 2.22. The summed E-state index contributed by atoms with van der Waals surface area (Å²) in [5.74, 6) is -0.575. The summed E-state index contributed by atoms with van der Waals surface area (Å²) in [5, 5.41) is 0.300. The van der Waals surface area contributed by atoms with E-state index in [0.29, 0.717) is 24.4 Å². The number of benzene rings is 1. The monoisotopic (exact) mass is 229 g/mol. The number of unbranched alkanes of at least 4 members (excludes halogenated alkanes) is 1. The zero-order chi connectivity index (χ0) is 11.3. The molecule has 1 aromatic rings. The van der Waals surface area contributed by atoms with E-state index in [1.54, 1.807) is 0 Å². The van der Waals surface area contributed by atoms with Gasteiger partial charge in [0.1, 0.15) is 5.82 Å². The van der Waals surface area contributed by atoms with Gasteiger partial charge in [0.25, 0.3) is 0 Å². The lowest BCUT2D eigenvalue weighted by Crippen LogP contribution is -2.03. The first kappa shape index (κ1) is 12.1. The number of hydrogen-bond acceptors (Lipinski definition) is 2. The molecule has 0 unspecified atom stereocenters. The number of hydrogen-bond donors (Lipinski definition) is 1. The Morgan fingerprint density at radius 2 is 2.13 bits per heavy atom. The van der Waals surface area contributed by atoms with Crippen LogP contribution in [0.5, 0.6) is 0 Å². The average molecular weight is 230 g/mol. The van der Waals surface area contributed by atoms with Gasteiger partial charge in [-0.1, -0.05) is 11.6 Å². The van der Waals surface area contributed by atoms with E-state index >= 15 is 0 Å². The van der Waals surface area contributed by atoms with Crippen molar-refractivity contribution in [1.82, 2.24) is 0 Å². The highest BCUT2D eigenvalue weighted by molar-refractivity contribution is 6.33. The normalized spacial score (nSPS) is 10.3. The summed E-state index contributed by atoms with van der Waals surface area (Å²) in [6, 6.07) is 3.80. The summed E-state index contributed by atoms with van der Waals surface area (Å²) in [6.45, 7) is 0.560. The molecule has 0 aromatic heterocycles. The first-order valence-corrected chi connectivity index (χ1v) is 5.21. The molecule has 0 atom stereocenters. The molecule has 0 aliphatic heterocycles. The Kier molecular flexibility index (Phi) is 4.72. The van der Waals surface area contributed by atoms with Crippen molar-refractivity contribution in [3.8, 4) is 0 Å². The number of halogens is 2. The number of carbonyl (C=O) groups is 1. The highest BCUT2D eigenvalue weighted by Gasteiger charge is 2.10. The molecule has 0 heterocycles. The minimum Gasteiger partial charge on any atom is -0.330 e. The van der Waals surface area contributed by atoms with Crippen LogP contribution < -0.4 is 5.73 Å². The molecular weight excluding hydrogens is 217 g/mol. The number of Topliss-reactive ketones (excluding diaryl/α,β-unsaturated/α-hetero) is 1. The van der Waals surface area contributed by atoms with Crippen LogP contribution in [0.1, 0.15) is 29.6 Å². The summed E-state index contributed by atoms with van der Waals surface area (Å²) in [4.78, 5) is 11.6. The molecule has 0 radical (unpaired) electrons. The van der Waals surface area contributed by atoms with Crippen molar-refractivity contribution in [1.29, 1.82) is 0 Å². The topological polar surface area (TPSA) is 43.1 Å². The molecule has 0 bridgehead atoms. The van der Waals surface area contributed by atoms with Gasteiger partial charge in [0.2, 0.25) is 0 Å². The van der Waals surface area contributed by atoms with Crippen LogP contribution in [-0.4, -0.2) is 12.3 Å². The first-order valence-electron chi connectivity index (χ1n) is 4.83. The van der Waals surface area contributed by atoms with Crippen LogP contribution >= 0.6 is 11.6 Å². The molecule has 0 aliphatic carbocycles. The number of nitrogens with two attached hydrogens (primary N) is 1. The van der Waals surface area contributed by atoms with Crippen molar-refractivity contribution in [2.75, 3.05) is 6.54 Å². The van der Waals surface area contributed by atoms with Crippen molar-refractivity contribution in [2.45, 2.75) is 19.3 Å². The summed E-state index contributed by atoms with van der Waals surface area (Å²) in [5.41, 5.74) is 5.57. The van der Waals surface area contributed by atoms with Gasteiger partial charge < -0.3 is 5.73 Å². The zero-order valence-corrected chi connectivity index (χ0v) is 9.06. The quantitative estimate of drug-likeness (QED) is 0.623. The molecule has 0 aliphatic rings. The van der Waals surface area contributed by atoms with Gasteiger partial charge in [0.15, 0.2) is 5.78 Å². The van der Waals surface area contributed by atoms with Gasteiger partial charge in [-0.2, -0.15) is 0 Å². The van der Waals surface area contributed by atoms with E-state index in [4.69, 9.17) is 17.3 Å². The lowest BCUT2D eigenvalue weighted by molar-refractivity contribution is 0.0979. The predicted octanol–water partition coefficient (Wildman–Crippen LogP) is 2.79. The number of ketones is 1. The van der Waals surface area contributed by atoms with Crippen molar-refractivity contribution in [3.05, 3.63) is 34.6 Å². The third kappa shape index (κ3) is 3.61. The molecule has 0 spiro atoms. The SMILES string of the molecule is NCCCCC(=O)c1cc(F)ccc1Cl. The number of rotatable bonds is 5. The van der Waals surface area contributed by atoms with E-state index in [1.807, 2.05) is 0 Å². The lowest BCUT2D eigenvalue weighted by atomic mass is 10.1. The third-order valence-electron chi connectivity index (χ3n) is 2.09. The zero-order valence-electron chi connectivity index (χ0n) is 8.30. The Morgan fingerprint density at radius 1 is 1.40 bits per heavy atom. The maximum atomic E-state index is 12.9. The van der Waals surface area contributed by atoms with Crippen molar-refractivity contribution in [3.63, 3.8) is 0 Å². The maximum absolute atomic E-state index is 12.9. The van der Waals surface area contributed by atoms with Crippen LogP contribution in [0.3, 0.4) is 0 Å². The molecule has 2 nitrogen and oxygen atoms in total. The van der Waals surface area contributed by atoms with Crippen LogP contribution in [0.2, 0.25) is 5.02 Å². The van der Waals surface area contributed by atoms with Crippen molar-refractivity contribution < 1.29 is 9.18 Å². The summed E-state index contributed by atoms with van der Waals surface area (Å²) in [6.07, 6.45) is 1.86. The fraction of sp³-hybridized carbons (Fsp3) is 0.364. The second kappa shape index (κ2) is 5.83. The van der Waals surface area contributed by atoms with Gasteiger partial charge in [-0.25, -0.2) is 4.39 Å². The van der Waals surface area contributed by atoms with Crippen LogP contribution in [0.15, 0.2) is 18.2 Å². The molecule has 82 valence electrons.